The number of nitriles is 1. The summed E-state index contributed by atoms with van der Waals surface area (Å²) in [4.78, 5) is 13.0. The monoisotopic (exact) mass is 264 g/mol. The molecule has 4 nitrogen and oxygen atoms in total. The Morgan fingerprint density at radius 2 is 2.28 bits per heavy atom. The normalized spacial score (nSPS) is 14.0. The number of rotatable bonds is 5. The Balaban J connectivity index is 2.23. The topological polar surface area (TPSA) is 64.3 Å². The Labute approximate surface area is 110 Å². The fraction of sp³-hybridized carbons (Fsp3) is 0.385. The van der Waals surface area contributed by atoms with E-state index in [9.17, 15) is 4.79 Å². The van der Waals surface area contributed by atoms with Crippen LogP contribution in [0.3, 0.4) is 0 Å². The average molecular weight is 265 g/mol. The molecule has 0 spiro atoms. The molecule has 0 aromatic heterocycles. The highest BCUT2D eigenvalue weighted by molar-refractivity contribution is 6.33. The van der Waals surface area contributed by atoms with Crippen molar-refractivity contribution in [2.45, 2.75) is 25.3 Å². The number of benzene rings is 1. The van der Waals surface area contributed by atoms with Crippen molar-refractivity contribution >= 4 is 23.3 Å². The highest BCUT2D eigenvalue weighted by Crippen LogP contribution is 2.33. The van der Waals surface area contributed by atoms with Crippen LogP contribution in [-0.2, 0) is 0 Å². The van der Waals surface area contributed by atoms with Gasteiger partial charge in [-0.05, 0) is 31.0 Å². The molecule has 1 aromatic carbocycles. The number of halogens is 1. The predicted octanol–water partition coefficient (Wildman–Crippen LogP) is 2.92. The molecule has 1 saturated carbocycles. The molecule has 1 N–H and O–H groups in total. The van der Waals surface area contributed by atoms with E-state index in [0.29, 0.717) is 19.0 Å². The standard InChI is InChI=1S/C13H13ClN2O2/c14-12-8-10(4-5-11(12)13(17)18)16(7-1-6-15)9-2-3-9/h4-5,8-9H,1-3,7H2,(H,17,18). The number of anilines is 1. The molecular formula is C13H13ClN2O2. The maximum absolute atomic E-state index is 10.9. The summed E-state index contributed by atoms with van der Waals surface area (Å²) < 4.78 is 0. The first-order chi connectivity index (χ1) is 8.63. The van der Waals surface area contributed by atoms with Gasteiger partial charge in [0.05, 0.1) is 23.1 Å². The molecule has 1 aromatic rings. The Kier molecular flexibility index (Phi) is 3.73. The lowest BCUT2D eigenvalue weighted by molar-refractivity contribution is 0.0697. The number of hydrogen-bond donors (Lipinski definition) is 1. The Morgan fingerprint density at radius 3 is 2.78 bits per heavy atom. The van der Waals surface area contributed by atoms with E-state index in [2.05, 4.69) is 11.0 Å². The van der Waals surface area contributed by atoms with Gasteiger partial charge in [0.2, 0.25) is 0 Å². The van der Waals surface area contributed by atoms with Crippen molar-refractivity contribution in [3.05, 3.63) is 28.8 Å². The second-order valence-electron chi connectivity index (χ2n) is 4.30. The van der Waals surface area contributed by atoms with Gasteiger partial charge in [-0.1, -0.05) is 11.6 Å². The van der Waals surface area contributed by atoms with Gasteiger partial charge in [-0.25, -0.2) is 4.79 Å². The van der Waals surface area contributed by atoms with Gasteiger partial charge in [0.25, 0.3) is 0 Å². The molecule has 94 valence electrons. The lowest BCUT2D eigenvalue weighted by Crippen LogP contribution is -2.26. The van der Waals surface area contributed by atoms with Crippen LogP contribution in [0, 0.1) is 11.3 Å². The molecule has 2 rings (SSSR count). The molecule has 0 saturated heterocycles. The van der Waals surface area contributed by atoms with Crippen molar-refractivity contribution in [2.24, 2.45) is 0 Å². The van der Waals surface area contributed by atoms with Crippen molar-refractivity contribution in [2.75, 3.05) is 11.4 Å². The summed E-state index contributed by atoms with van der Waals surface area (Å²) in [5.74, 6) is -1.03. The summed E-state index contributed by atoms with van der Waals surface area (Å²) >= 11 is 5.96. The average Bonchev–Trinajstić information content (AvgIpc) is 3.13. The van der Waals surface area contributed by atoms with Gasteiger partial charge in [0.1, 0.15) is 0 Å². The van der Waals surface area contributed by atoms with Crippen LogP contribution in [0.2, 0.25) is 5.02 Å². The van der Waals surface area contributed by atoms with Crippen LogP contribution in [0.25, 0.3) is 0 Å². The minimum Gasteiger partial charge on any atom is -0.478 e. The molecule has 1 aliphatic carbocycles. The minimum atomic E-state index is -1.03. The number of carboxylic acid groups (broad SMARTS) is 1. The zero-order chi connectivity index (χ0) is 13.1. The van der Waals surface area contributed by atoms with E-state index in [1.165, 1.54) is 6.07 Å². The third-order valence-electron chi connectivity index (χ3n) is 2.97. The Hall–Kier alpha value is -1.73. The highest BCUT2D eigenvalue weighted by Gasteiger charge is 2.29. The van der Waals surface area contributed by atoms with Crippen molar-refractivity contribution in [1.29, 1.82) is 5.26 Å². The highest BCUT2D eigenvalue weighted by atomic mass is 35.5. The van der Waals surface area contributed by atoms with Gasteiger partial charge in [-0.3, -0.25) is 0 Å². The van der Waals surface area contributed by atoms with Gasteiger partial charge < -0.3 is 10.0 Å². The summed E-state index contributed by atoms with van der Waals surface area (Å²) in [7, 11) is 0. The molecular weight excluding hydrogens is 252 g/mol. The molecule has 0 amide bonds. The molecule has 0 heterocycles. The van der Waals surface area contributed by atoms with Crippen LogP contribution >= 0.6 is 11.6 Å². The van der Waals surface area contributed by atoms with Gasteiger partial charge in [-0.15, -0.1) is 0 Å². The smallest absolute Gasteiger partial charge is 0.337 e. The molecule has 18 heavy (non-hydrogen) atoms. The second kappa shape index (κ2) is 5.28. The van der Waals surface area contributed by atoms with E-state index >= 15 is 0 Å². The number of aromatic carboxylic acids is 1. The SMILES string of the molecule is N#CCCN(c1ccc(C(=O)O)c(Cl)c1)C1CC1. The van der Waals surface area contributed by atoms with Crippen LogP contribution < -0.4 is 4.90 Å². The van der Waals surface area contributed by atoms with Gasteiger partial charge in [0.15, 0.2) is 0 Å². The largest absolute Gasteiger partial charge is 0.478 e. The maximum Gasteiger partial charge on any atom is 0.337 e. The maximum atomic E-state index is 10.9. The lowest BCUT2D eigenvalue weighted by atomic mass is 10.2. The first kappa shape index (κ1) is 12.7. The number of hydrogen-bond acceptors (Lipinski definition) is 3. The van der Waals surface area contributed by atoms with E-state index < -0.39 is 5.97 Å². The van der Waals surface area contributed by atoms with Crippen LogP contribution in [0.4, 0.5) is 5.69 Å². The van der Waals surface area contributed by atoms with Crippen LogP contribution in [0.15, 0.2) is 18.2 Å². The van der Waals surface area contributed by atoms with Gasteiger partial charge in [0, 0.05) is 18.3 Å². The molecule has 1 aliphatic rings. The summed E-state index contributed by atoms with van der Waals surface area (Å²) in [6.07, 6.45) is 2.68. The molecule has 0 radical (unpaired) electrons. The zero-order valence-corrected chi connectivity index (χ0v) is 10.5. The molecule has 0 unspecified atom stereocenters. The van der Waals surface area contributed by atoms with Crippen molar-refractivity contribution in [1.82, 2.24) is 0 Å². The quantitative estimate of drug-likeness (QED) is 0.888. The van der Waals surface area contributed by atoms with Crippen LogP contribution in [0.5, 0.6) is 0 Å². The molecule has 5 heteroatoms. The van der Waals surface area contributed by atoms with E-state index in [-0.39, 0.29) is 10.6 Å². The fourth-order valence-electron chi connectivity index (χ4n) is 1.94. The van der Waals surface area contributed by atoms with Crippen molar-refractivity contribution < 1.29 is 9.90 Å². The van der Waals surface area contributed by atoms with Crippen molar-refractivity contribution in [3.8, 4) is 6.07 Å². The van der Waals surface area contributed by atoms with Gasteiger partial charge >= 0.3 is 5.97 Å². The summed E-state index contributed by atoms with van der Waals surface area (Å²) in [6.45, 7) is 0.657. The number of carbonyl (C=O) groups is 1. The summed E-state index contributed by atoms with van der Waals surface area (Å²) in [5, 5.41) is 17.8. The number of carboxylic acids is 1. The molecule has 0 atom stereocenters. The Bertz CT molecular complexity index is 506. The van der Waals surface area contributed by atoms with Crippen molar-refractivity contribution in [3.63, 3.8) is 0 Å². The van der Waals surface area contributed by atoms with Crippen LogP contribution in [-0.4, -0.2) is 23.7 Å². The third kappa shape index (κ3) is 2.74. The second-order valence-corrected chi connectivity index (χ2v) is 4.71. The number of nitrogens with zero attached hydrogens (tertiary/aromatic N) is 2. The lowest BCUT2D eigenvalue weighted by Gasteiger charge is -2.24. The fourth-order valence-corrected chi connectivity index (χ4v) is 2.19. The predicted molar refractivity (Wildman–Crippen MR) is 69.0 cm³/mol. The third-order valence-corrected chi connectivity index (χ3v) is 3.28. The van der Waals surface area contributed by atoms with Crippen LogP contribution in [0.1, 0.15) is 29.6 Å². The minimum absolute atomic E-state index is 0.108. The first-order valence-corrected chi connectivity index (χ1v) is 6.17. The zero-order valence-electron chi connectivity index (χ0n) is 9.77. The van der Waals surface area contributed by atoms with E-state index in [1.54, 1.807) is 12.1 Å². The van der Waals surface area contributed by atoms with E-state index in [0.717, 1.165) is 18.5 Å². The van der Waals surface area contributed by atoms with E-state index in [4.69, 9.17) is 22.0 Å². The Morgan fingerprint density at radius 1 is 1.56 bits per heavy atom. The molecule has 0 aliphatic heterocycles. The summed E-state index contributed by atoms with van der Waals surface area (Å²) in [6, 6.07) is 7.53. The van der Waals surface area contributed by atoms with E-state index in [1.807, 2.05) is 0 Å². The van der Waals surface area contributed by atoms with Gasteiger partial charge in [-0.2, -0.15) is 5.26 Å². The molecule has 0 bridgehead atoms. The first-order valence-electron chi connectivity index (χ1n) is 5.80. The summed E-state index contributed by atoms with van der Waals surface area (Å²) in [5.41, 5.74) is 0.999. The molecule has 1 fully saturated rings.